The summed E-state index contributed by atoms with van der Waals surface area (Å²) in [5.74, 6) is 0.210. The van der Waals surface area contributed by atoms with E-state index in [4.69, 9.17) is 0 Å². The number of aromatic nitrogens is 3. The molecule has 0 aliphatic heterocycles. The van der Waals surface area contributed by atoms with Crippen molar-refractivity contribution in [2.75, 3.05) is 0 Å². The molecule has 6 nitrogen and oxygen atoms in total. The van der Waals surface area contributed by atoms with E-state index in [0.29, 0.717) is 11.3 Å². The Morgan fingerprint density at radius 2 is 2.26 bits per heavy atom. The molecule has 2 aromatic rings. The first kappa shape index (κ1) is 12.0. The van der Waals surface area contributed by atoms with E-state index in [1.807, 2.05) is 13.8 Å². The number of hydrogen-bond donors (Lipinski definition) is 2. The Morgan fingerprint density at radius 3 is 2.95 bits per heavy atom. The molecule has 2 heterocycles. The van der Waals surface area contributed by atoms with E-state index in [1.165, 1.54) is 10.6 Å². The lowest BCUT2D eigenvalue weighted by Gasteiger charge is -2.12. The Morgan fingerprint density at radius 1 is 1.53 bits per heavy atom. The minimum atomic E-state index is -0.249. The molecule has 100 valence electrons. The molecule has 1 amide bonds. The van der Waals surface area contributed by atoms with Crippen LogP contribution in [0.1, 0.15) is 37.2 Å². The number of aromatic amines is 1. The van der Waals surface area contributed by atoms with Crippen LogP contribution in [0.25, 0.3) is 5.65 Å². The summed E-state index contributed by atoms with van der Waals surface area (Å²) in [5.41, 5.74) is 1.88. The number of fused-ring (bicyclic) bond motifs is 1. The SMILES string of the molecule is Cc1cc2nc(C(C)NC(=O)C3CC3)cc(=O)n2[nH]1. The number of carbonyl (C=O) groups excluding carboxylic acids is 1. The van der Waals surface area contributed by atoms with Crippen LogP contribution in [0.2, 0.25) is 0 Å². The highest BCUT2D eigenvalue weighted by molar-refractivity contribution is 5.81. The van der Waals surface area contributed by atoms with Crippen LogP contribution in [0.4, 0.5) is 0 Å². The number of aryl methyl sites for hydroxylation is 1. The summed E-state index contributed by atoms with van der Waals surface area (Å²) >= 11 is 0. The second-order valence-corrected chi connectivity index (χ2v) is 5.16. The smallest absolute Gasteiger partial charge is 0.272 e. The van der Waals surface area contributed by atoms with Crippen LogP contribution >= 0.6 is 0 Å². The maximum atomic E-state index is 11.9. The van der Waals surface area contributed by atoms with Gasteiger partial charge in [0.1, 0.15) is 0 Å². The lowest BCUT2D eigenvalue weighted by molar-refractivity contribution is -0.122. The van der Waals surface area contributed by atoms with Gasteiger partial charge >= 0.3 is 0 Å². The summed E-state index contributed by atoms with van der Waals surface area (Å²) in [6.45, 7) is 3.71. The van der Waals surface area contributed by atoms with Crippen molar-refractivity contribution in [2.24, 2.45) is 5.92 Å². The Balaban J connectivity index is 1.91. The maximum absolute atomic E-state index is 11.9. The van der Waals surface area contributed by atoms with Gasteiger partial charge in [0.05, 0.1) is 11.7 Å². The summed E-state index contributed by atoms with van der Waals surface area (Å²) < 4.78 is 1.40. The van der Waals surface area contributed by atoms with Gasteiger partial charge in [-0.2, -0.15) is 0 Å². The molecule has 1 aliphatic carbocycles. The van der Waals surface area contributed by atoms with Crippen LogP contribution in [0.15, 0.2) is 16.9 Å². The van der Waals surface area contributed by atoms with Crippen molar-refractivity contribution in [1.29, 1.82) is 0 Å². The molecule has 2 N–H and O–H groups in total. The first-order chi connectivity index (χ1) is 9.04. The highest BCUT2D eigenvalue weighted by atomic mass is 16.2. The lowest BCUT2D eigenvalue weighted by atomic mass is 10.2. The zero-order valence-corrected chi connectivity index (χ0v) is 10.9. The quantitative estimate of drug-likeness (QED) is 0.861. The number of carbonyl (C=O) groups is 1. The van der Waals surface area contributed by atoms with E-state index in [9.17, 15) is 9.59 Å². The molecule has 2 aromatic heterocycles. The van der Waals surface area contributed by atoms with Crippen LogP contribution in [-0.2, 0) is 4.79 Å². The third-order valence-corrected chi connectivity index (χ3v) is 3.35. The van der Waals surface area contributed by atoms with Gasteiger partial charge in [-0.3, -0.25) is 14.7 Å². The predicted octanol–water partition coefficient (Wildman–Crippen LogP) is 0.918. The van der Waals surface area contributed by atoms with Gasteiger partial charge in [0.25, 0.3) is 5.56 Å². The van der Waals surface area contributed by atoms with E-state index in [2.05, 4.69) is 15.4 Å². The molecule has 3 rings (SSSR count). The van der Waals surface area contributed by atoms with Gasteiger partial charge in [-0.15, -0.1) is 0 Å². The average Bonchev–Trinajstić information content (AvgIpc) is 3.12. The van der Waals surface area contributed by atoms with Gasteiger partial charge in [0.2, 0.25) is 5.91 Å². The van der Waals surface area contributed by atoms with Crippen LogP contribution in [0, 0.1) is 12.8 Å². The third-order valence-electron chi connectivity index (χ3n) is 3.35. The molecule has 1 fully saturated rings. The average molecular weight is 260 g/mol. The van der Waals surface area contributed by atoms with Crippen molar-refractivity contribution in [3.8, 4) is 0 Å². The summed E-state index contributed by atoms with van der Waals surface area (Å²) in [5, 5.41) is 5.81. The molecule has 1 unspecified atom stereocenters. The topological polar surface area (TPSA) is 79.3 Å². The van der Waals surface area contributed by atoms with Crippen molar-refractivity contribution < 1.29 is 4.79 Å². The van der Waals surface area contributed by atoms with Crippen LogP contribution in [0.5, 0.6) is 0 Å². The molecule has 1 saturated carbocycles. The second kappa shape index (κ2) is 4.22. The number of amides is 1. The maximum Gasteiger partial charge on any atom is 0.272 e. The van der Waals surface area contributed by atoms with Gasteiger partial charge < -0.3 is 5.32 Å². The van der Waals surface area contributed by atoms with Crippen LogP contribution in [0.3, 0.4) is 0 Å². The molecule has 0 spiro atoms. The Kier molecular flexibility index (Phi) is 2.66. The van der Waals surface area contributed by atoms with E-state index < -0.39 is 0 Å². The minimum Gasteiger partial charge on any atom is -0.348 e. The van der Waals surface area contributed by atoms with E-state index >= 15 is 0 Å². The molecule has 19 heavy (non-hydrogen) atoms. The normalized spacial score (nSPS) is 16.5. The van der Waals surface area contributed by atoms with E-state index in [0.717, 1.165) is 18.5 Å². The zero-order valence-electron chi connectivity index (χ0n) is 10.9. The number of hydrogen-bond acceptors (Lipinski definition) is 3. The van der Waals surface area contributed by atoms with Gasteiger partial charge in [-0.05, 0) is 26.7 Å². The van der Waals surface area contributed by atoms with Gasteiger partial charge in [-0.25, -0.2) is 9.50 Å². The van der Waals surface area contributed by atoms with Gasteiger partial charge in [0, 0.05) is 23.7 Å². The third kappa shape index (κ3) is 2.25. The molecular weight excluding hydrogens is 244 g/mol. The van der Waals surface area contributed by atoms with Crippen LogP contribution in [-0.4, -0.2) is 20.5 Å². The van der Waals surface area contributed by atoms with Gasteiger partial charge in [0.15, 0.2) is 5.65 Å². The Labute approximate surface area is 109 Å². The first-order valence-electron chi connectivity index (χ1n) is 6.44. The fourth-order valence-corrected chi connectivity index (χ4v) is 2.10. The standard InChI is InChI=1S/C13H16N4O2/c1-7-5-11-15-10(6-12(18)17(11)16-7)8(2)14-13(19)9-3-4-9/h5-6,8-9,16H,3-4H2,1-2H3,(H,14,19). The van der Waals surface area contributed by atoms with E-state index in [-0.39, 0.29) is 23.4 Å². The molecule has 6 heteroatoms. The highest BCUT2D eigenvalue weighted by Crippen LogP contribution is 2.29. The summed E-state index contributed by atoms with van der Waals surface area (Å²) in [6, 6.07) is 3.02. The summed E-state index contributed by atoms with van der Waals surface area (Å²) in [6.07, 6.45) is 1.93. The largest absolute Gasteiger partial charge is 0.348 e. The molecule has 1 atom stereocenters. The molecule has 0 saturated heterocycles. The lowest BCUT2D eigenvalue weighted by Crippen LogP contribution is -2.29. The molecule has 0 aromatic carbocycles. The van der Waals surface area contributed by atoms with Crippen molar-refractivity contribution >= 4 is 11.6 Å². The summed E-state index contributed by atoms with van der Waals surface area (Å²) in [4.78, 5) is 28.0. The number of nitrogens with one attached hydrogen (secondary N) is 2. The second-order valence-electron chi connectivity index (χ2n) is 5.16. The molecule has 1 aliphatic rings. The predicted molar refractivity (Wildman–Crippen MR) is 69.8 cm³/mol. The Hall–Kier alpha value is -2.11. The minimum absolute atomic E-state index is 0.0553. The van der Waals surface area contributed by atoms with Crippen LogP contribution < -0.4 is 10.9 Å². The number of nitrogens with zero attached hydrogens (tertiary/aromatic N) is 2. The Bertz CT molecular complexity index is 696. The number of rotatable bonds is 3. The van der Waals surface area contributed by atoms with Crippen molar-refractivity contribution in [1.82, 2.24) is 19.9 Å². The zero-order chi connectivity index (χ0) is 13.6. The number of H-pyrrole nitrogens is 1. The van der Waals surface area contributed by atoms with E-state index in [1.54, 1.807) is 6.07 Å². The van der Waals surface area contributed by atoms with Crippen molar-refractivity contribution in [3.05, 3.63) is 33.9 Å². The monoisotopic (exact) mass is 260 g/mol. The van der Waals surface area contributed by atoms with Crippen molar-refractivity contribution in [2.45, 2.75) is 32.7 Å². The molecule has 0 radical (unpaired) electrons. The summed E-state index contributed by atoms with van der Waals surface area (Å²) in [7, 11) is 0. The van der Waals surface area contributed by atoms with Crippen molar-refractivity contribution in [3.63, 3.8) is 0 Å². The van der Waals surface area contributed by atoms with Gasteiger partial charge in [-0.1, -0.05) is 0 Å². The molecule has 0 bridgehead atoms. The molecular formula is C13H16N4O2. The highest BCUT2D eigenvalue weighted by Gasteiger charge is 2.30. The first-order valence-corrected chi connectivity index (χ1v) is 6.44. The fourth-order valence-electron chi connectivity index (χ4n) is 2.10. The fraction of sp³-hybridized carbons (Fsp3) is 0.462.